The highest BCUT2D eigenvalue weighted by Gasteiger charge is 2.44. The van der Waals surface area contributed by atoms with Crippen LogP contribution in [0.15, 0.2) is 0 Å². The number of urea groups is 1. The number of hydrogen-bond donors (Lipinski definition) is 2. The van der Waals surface area contributed by atoms with Crippen molar-refractivity contribution in [3.8, 4) is 0 Å². The molecule has 3 unspecified atom stereocenters. The summed E-state index contributed by atoms with van der Waals surface area (Å²) in [5, 5.41) is 5.38. The molecule has 3 amide bonds. The summed E-state index contributed by atoms with van der Waals surface area (Å²) in [6.45, 7) is 14.7. The van der Waals surface area contributed by atoms with Crippen LogP contribution < -0.4 is 10.6 Å². The second-order valence-corrected chi connectivity index (χ2v) is 10.1. The highest BCUT2D eigenvalue weighted by atomic mass is 16.2. The molecule has 1 saturated heterocycles. The van der Waals surface area contributed by atoms with Gasteiger partial charge in [0.15, 0.2) is 0 Å². The van der Waals surface area contributed by atoms with Crippen molar-refractivity contribution in [2.45, 2.75) is 124 Å². The van der Waals surface area contributed by atoms with Gasteiger partial charge in [0, 0.05) is 6.54 Å². The topological polar surface area (TPSA) is 61.4 Å². The van der Waals surface area contributed by atoms with E-state index in [4.69, 9.17) is 0 Å². The van der Waals surface area contributed by atoms with Gasteiger partial charge in [0.05, 0.1) is 0 Å². The monoisotopic (exact) mass is 437 g/mol. The molecule has 1 rings (SSSR count). The van der Waals surface area contributed by atoms with Crippen molar-refractivity contribution in [1.82, 2.24) is 15.5 Å². The predicted octanol–water partition coefficient (Wildman–Crippen LogP) is 6.27. The minimum Gasteiger partial charge on any atom is -0.325 e. The lowest BCUT2D eigenvalue weighted by molar-refractivity contribution is -0.123. The molecular weight excluding hydrogens is 386 g/mol. The van der Waals surface area contributed by atoms with Crippen LogP contribution >= 0.6 is 0 Å². The Hall–Kier alpha value is -1.10. The Labute approximate surface area is 192 Å². The summed E-state index contributed by atoms with van der Waals surface area (Å²) in [6, 6.07) is -0.734. The summed E-state index contributed by atoms with van der Waals surface area (Å²) >= 11 is 0. The van der Waals surface area contributed by atoms with Crippen molar-refractivity contribution < 1.29 is 9.59 Å². The number of rotatable bonds is 19. The standard InChI is InChI=1S/C26H51N3O2/c1-6-10-13-15-18-29(19-16-14-11-7-2)21-22(9-4)20-26(5,17-12-8-3)23-24(30)28-25(31)27-23/h22-23H,6-21H2,1-5H3,(H2,27,28,30,31). The van der Waals surface area contributed by atoms with Gasteiger partial charge < -0.3 is 10.2 Å². The lowest BCUT2D eigenvalue weighted by atomic mass is 9.71. The molecule has 182 valence electrons. The van der Waals surface area contributed by atoms with Gasteiger partial charge >= 0.3 is 6.03 Å². The Bertz CT molecular complexity index is 499. The molecule has 31 heavy (non-hydrogen) atoms. The molecule has 1 heterocycles. The van der Waals surface area contributed by atoms with Gasteiger partial charge in [-0.15, -0.1) is 0 Å². The van der Waals surface area contributed by atoms with Gasteiger partial charge in [0.1, 0.15) is 6.04 Å². The number of unbranched alkanes of at least 4 members (excludes halogenated alkanes) is 7. The van der Waals surface area contributed by atoms with Crippen molar-refractivity contribution in [1.29, 1.82) is 0 Å². The summed E-state index contributed by atoms with van der Waals surface area (Å²) in [5.74, 6) is 0.402. The summed E-state index contributed by atoms with van der Waals surface area (Å²) in [5.41, 5.74) is -0.191. The predicted molar refractivity (Wildman–Crippen MR) is 131 cm³/mol. The maximum absolute atomic E-state index is 12.5. The molecule has 5 heteroatoms. The average molecular weight is 438 g/mol. The third-order valence-electron chi connectivity index (χ3n) is 7.08. The first-order valence-electron chi connectivity index (χ1n) is 13.2. The molecule has 0 saturated carbocycles. The van der Waals surface area contributed by atoms with Crippen molar-refractivity contribution in [2.24, 2.45) is 11.3 Å². The molecule has 0 aromatic carbocycles. The molecule has 1 aliphatic rings. The van der Waals surface area contributed by atoms with Crippen LogP contribution in [0, 0.1) is 11.3 Å². The highest BCUT2D eigenvalue weighted by molar-refractivity contribution is 6.04. The highest BCUT2D eigenvalue weighted by Crippen LogP contribution is 2.38. The van der Waals surface area contributed by atoms with Gasteiger partial charge in [-0.25, -0.2) is 4.79 Å². The first-order valence-corrected chi connectivity index (χ1v) is 13.2. The summed E-state index contributed by atoms with van der Waals surface area (Å²) in [7, 11) is 0. The minimum absolute atomic E-state index is 0.144. The van der Waals surface area contributed by atoms with Gasteiger partial charge in [-0.1, -0.05) is 92.4 Å². The van der Waals surface area contributed by atoms with E-state index in [1.807, 2.05) is 0 Å². The molecular formula is C26H51N3O2. The number of nitrogens with one attached hydrogen (secondary N) is 2. The van der Waals surface area contributed by atoms with Gasteiger partial charge in [0.2, 0.25) is 0 Å². The second-order valence-electron chi connectivity index (χ2n) is 10.1. The summed E-state index contributed by atoms with van der Waals surface area (Å²) in [6.07, 6.45) is 15.7. The van der Waals surface area contributed by atoms with Crippen molar-refractivity contribution in [3.63, 3.8) is 0 Å². The van der Waals surface area contributed by atoms with Gasteiger partial charge in [-0.2, -0.15) is 0 Å². The maximum Gasteiger partial charge on any atom is 0.322 e. The molecule has 0 spiro atoms. The molecule has 2 N–H and O–H groups in total. The first-order chi connectivity index (χ1) is 14.9. The molecule has 0 bridgehead atoms. The van der Waals surface area contributed by atoms with Crippen LogP contribution in [0.5, 0.6) is 0 Å². The first kappa shape index (κ1) is 27.9. The number of amides is 3. The quantitative estimate of drug-likeness (QED) is 0.185. The Morgan fingerprint density at radius 2 is 1.45 bits per heavy atom. The molecule has 3 atom stereocenters. The fourth-order valence-corrected chi connectivity index (χ4v) is 5.03. The number of imide groups is 1. The Kier molecular flexibility index (Phi) is 14.1. The van der Waals surface area contributed by atoms with Crippen molar-refractivity contribution >= 4 is 11.9 Å². The number of hydrogen-bond acceptors (Lipinski definition) is 3. The third-order valence-corrected chi connectivity index (χ3v) is 7.08. The smallest absolute Gasteiger partial charge is 0.322 e. The van der Waals surface area contributed by atoms with Gasteiger partial charge in [-0.05, 0) is 50.1 Å². The third kappa shape index (κ3) is 10.4. The largest absolute Gasteiger partial charge is 0.325 e. The van der Waals surface area contributed by atoms with Gasteiger partial charge in [-0.3, -0.25) is 10.1 Å². The van der Waals surface area contributed by atoms with Gasteiger partial charge in [0.25, 0.3) is 5.91 Å². The summed E-state index contributed by atoms with van der Waals surface area (Å²) in [4.78, 5) is 27.0. The molecule has 0 aromatic heterocycles. The average Bonchev–Trinajstić information content (AvgIpc) is 3.10. The number of carbonyl (C=O) groups is 2. The van der Waals surface area contributed by atoms with E-state index in [2.05, 4.69) is 50.2 Å². The SMILES string of the molecule is CCCCCCN(CCCCCC)CC(CC)CC(C)(CCCC)C1NC(=O)NC1=O. The van der Waals surface area contributed by atoms with E-state index in [0.717, 1.165) is 38.6 Å². The van der Waals surface area contributed by atoms with E-state index in [1.54, 1.807) is 0 Å². The normalized spacial score (nSPS) is 19.4. The van der Waals surface area contributed by atoms with Crippen LogP contribution in [0.2, 0.25) is 0 Å². The lowest BCUT2D eigenvalue weighted by Crippen LogP contribution is -2.47. The van der Waals surface area contributed by atoms with Crippen LogP contribution in [-0.4, -0.2) is 42.5 Å². The molecule has 5 nitrogen and oxygen atoms in total. The minimum atomic E-state index is -0.400. The Morgan fingerprint density at radius 3 is 1.90 bits per heavy atom. The van der Waals surface area contributed by atoms with Crippen LogP contribution in [-0.2, 0) is 4.79 Å². The number of nitrogens with zero attached hydrogens (tertiary/aromatic N) is 1. The Morgan fingerprint density at radius 1 is 0.871 bits per heavy atom. The van der Waals surface area contributed by atoms with E-state index in [1.165, 1.54) is 64.5 Å². The van der Waals surface area contributed by atoms with Crippen LogP contribution in [0.1, 0.15) is 118 Å². The zero-order valence-corrected chi connectivity index (χ0v) is 21.2. The van der Waals surface area contributed by atoms with E-state index in [-0.39, 0.29) is 17.4 Å². The fourth-order valence-electron chi connectivity index (χ4n) is 5.03. The van der Waals surface area contributed by atoms with E-state index in [9.17, 15) is 9.59 Å². The molecule has 0 radical (unpaired) electrons. The zero-order valence-electron chi connectivity index (χ0n) is 21.2. The van der Waals surface area contributed by atoms with Crippen LogP contribution in [0.25, 0.3) is 0 Å². The molecule has 0 aromatic rings. The van der Waals surface area contributed by atoms with Crippen molar-refractivity contribution in [2.75, 3.05) is 19.6 Å². The van der Waals surface area contributed by atoms with Crippen molar-refractivity contribution in [3.05, 3.63) is 0 Å². The van der Waals surface area contributed by atoms with Crippen LogP contribution in [0.3, 0.4) is 0 Å². The fraction of sp³-hybridized carbons (Fsp3) is 0.923. The number of carbonyl (C=O) groups excluding carboxylic acids is 2. The van der Waals surface area contributed by atoms with E-state index < -0.39 is 6.04 Å². The lowest BCUT2D eigenvalue weighted by Gasteiger charge is -2.38. The molecule has 0 aliphatic carbocycles. The van der Waals surface area contributed by atoms with Crippen LogP contribution in [0.4, 0.5) is 4.79 Å². The summed E-state index contributed by atoms with van der Waals surface area (Å²) < 4.78 is 0. The molecule has 1 aliphatic heterocycles. The zero-order chi connectivity index (χ0) is 23.1. The Balaban J connectivity index is 2.80. The molecule has 1 fully saturated rings. The maximum atomic E-state index is 12.5. The van der Waals surface area contributed by atoms with E-state index in [0.29, 0.717) is 5.92 Å². The second kappa shape index (κ2) is 15.7. The van der Waals surface area contributed by atoms with E-state index >= 15 is 0 Å².